The van der Waals surface area contributed by atoms with E-state index in [4.69, 9.17) is 4.74 Å². The molecule has 0 aliphatic carbocycles. The quantitative estimate of drug-likeness (QED) is 0.818. The summed E-state index contributed by atoms with van der Waals surface area (Å²) >= 11 is 0. The predicted molar refractivity (Wildman–Crippen MR) is 62.7 cm³/mol. The molecule has 2 heteroatoms. The second-order valence-electron chi connectivity index (χ2n) is 4.51. The number of nitrogens with one attached hydrogen (secondary N) is 1. The Morgan fingerprint density at radius 2 is 2.07 bits per heavy atom. The SMILES string of the molecule is COc1ccc(C2CNC2)cc1C(C)C. The molecule has 2 rings (SSSR count). The lowest BCUT2D eigenvalue weighted by atomic mass is 9.90. The van der Waals surface area contributed by atoms with Gasteiger partial charge in [-0.2, -0.15) is 0 Å². The molecule has 1 aliphatic heterocycles. The Morgan fingerprint density at radius 3 is 2.53 bits per heavy atom. The normalized spacial score (nSPS) is 16.5. The highest BCUT2D eigenvalue weighted by Gasteiger charge is 2.20. The molecule has 0 spiro atoms. The van der Waals surface area contributed by atoms with Crippen LogP contribution in [-0.2, 0) is 0 Å². The molecule has 0 unspecified atom stereocenters. The van der Waals surface area contributed by atoms with Gasteiger partial charge in [-0.1, -0.05) is 26.0 Å². The first-order valence-electron chi connectivity index (χ1n) is 5.61. The third-order valence-electron chi connectivity index (χ3n) is 3.13. The van der Waals surface area contributed by atoms with Gasteiger partial charge >= 0.3 is 0 Å². The molecular weight excluding hydrogens is 186 g/mol. The third kappa shape index (κ3) is 2.00. The van der Waals surface area contributed by atoms with Crippen molar-refractivity contribution < 1.29 is 4.74 Å². The molecule has 1 heterocycles. The maximum absolute atomic E-state index is 5.38. The summed E-state index contributed by atoms with van der Waals surface area (Å²) in [5.41, 5.74) is 2.76. The van der Waals surface area contributed by atoms with E-state index in [2.05, 4.69) is 37.4 Å². The monoisotopic (exact) mass is 205 g/mol. The molecule has 1 fully saturated rings. The summed E-state index contributed by atoms with van der Waals surface area (Å²) in [5, 5.41) is 3.31. The van der Waals surface area contributed by atoms with E-state index in [1.54, 1.807) is 7.11 Å². The number of hydrogen-bond acceptors (Lipinski definition) is 2. The van der Waals surface area contributed by atoms with Crippen LogP contribution < -0.4 is 10.1 Å². The standard InChI is InChI=1S/C13H19NO/c1-9(2)12-6-10(11-7-14-8-11)4-5-13(12)15-3/h4-6,9,11,14H,7-8H2,1-3H3. The minimum absolute atomic E-state index is 0.521. The van der Waals surface area contributed by atoms with Crippen molar-refractivity contribution >= 4 is 0 Å². The van der Waals surface area contributed by atoms with Gasteiger partial charge < -0.3 is 10.1 Å². The predicted octanol–water partition coefficient (Wildman–Crippen LogP) is 2.51. The largest absolute Gasteiger partial charge is 0.496 e. The maximum atomic E-state index is 5.38. The number of hydrogen-bond donors (Lipinski definition) is 1. The van der Waals surface area contributed by atoms with E-state index in [0.717, 1.165) is 18.8 Å². The molecule has 0 atom stereocenters. The topological polar surface area (TPSA) is 21.3 Å². The average Bonchev–Trinajstić information content (AvgIpc) is 2.15. The van der Waals surface area contributed by atoms with Gasteiger partial charge in [-0.25, -0.2) is 0 Å². The van der Waals surface area contributed by atoms with Gasteiger partial charge in [0.1, 0.15) is 5.75 Å². The summed E-state index contributed by atoms with van der Waals surface area (Å²) in [4.78, 5) is 0. The fourth-order valence-electron chi connectivity index (χ4n) is 1.98. The van der Waals surface area contributed by atoms with Crippen molar-refractivity contribution in [3.63, 3.8) is 0 Å². The minimum Gasteiger partial charge on any atom is -0.496 e. The highest BCUT2D eigenvalue weighted by Crippen LogP contribution is 2.30. The lowest BCUT2D eigenvalue weighted by Crippen LogP contribution is -2.39. The minimum atomic E-state index is 0.521. The van der Waals surface area contributed by atoms with Crippen LogP contribution in [0.1, 0.15) is 36.8 Å². The summed E-state index contributed by atoms with van der Waals surface area (Å²) in [6.07, 6.45) is 0. The van der Waals surface area contributed by atoms with Crippen molar-refractivity contribution in [2.24, 2.45) is 0 Å². The van der Waals surface area contributed by atoms with Crippen molar-refractivity contribution in [3.05, 3.63) is 29.3 Å². The van der Waals surface area contributed by atoms with Gasteiger partial charge in [-0.05, 0) is 23.1 Å². The Bertz CT molecular complexity index is 342. The van der Waals surface area contributed by atoms with E-state index in [-0.39, 0.29) is 0 Å². The van der Waals surface area contributed by atoms with E-state index in [1.807, 2.05) is 0 Å². The first-order valence-corrected chi connectivity index (χ1v) is 5.61. The van der Waals surface area contributed by atoms with Crippen LogP contribution in [0, 0.1) is 0 Å². The summed E-state index contributed by atoms with van der Waals surface area (Å²) in [6, 6.07) is 6.59. The average molecular weight is 205 g/mol. The molecule has 1 saturated heterocycles. The molecule has 0 radical (unpaired) electrons. The Kier molecular flexibility index (Phi) is 2.96. The van der Waals surface area contributed by atoms with Crippen LogP contribution in [0.25, 0.3) is 0 Å². The van der Waals surface area contributed by atoms with Crippen molar-refractivity contribution in [3.8, 4) is 5.75 Å². The molecule has 2 nitrogen and oxygen atoms in total. The van der Waals surface area contributed by atoms with Crippen molar-refractivity contribution in [2.75, 3.05) is 20.2 Å². The lowest BCUT2D eigenvalue weighted by Gasteiger charge is -2.28. The van der Waals surface area contributed by atoms with E-state index in [9.17, 15) is 0 Å². The first-order chi connectivity index (χ1) is 7.22. The summed E-state index contributed by atoms with van der Waals surface area (Å²) in [5.74, 6) is 2.24. The number of rotatable bonds is 3. The third-order valence-corrected chi connectivity index (χ3v) is 3.13. The van der Waals surface area contributed by atoms with Gasteiger partial charge in [0.15, 0.2) is 0 Å². The molecule has 1 aromatic carbocycles. The van der Waals surface area contributed by atoms with Gasteiger partial charge in [0.05, 0.1) is 7.11 Å². The van der Waals surface area contributed by atoms with Gasteiger partial charge in [0, 0.05) is 19.0 Å². The number of ether oxygens (including phenoxy) is 1. The van der Waals surface area contributed by atoms with Crippen molar-refractivity contribution in [1.29, 1.82) is 0 Å². The second-order valence-corrected chi connectivity index (χ2v) is 4.51. The molecule has 0 amide bonds. The Hall–Kier alpha value is -1.02. The zero-order valence-electron chi connectivity index (χ0n) is 9.71. The molecular formula is C13H19NO. The lowest BCUT2D eigenvalue weighted by molar-refractivity contribution is 0.405. The van der Waals surface area contributed by atoms with Gasteiger partial charge in [-0.15, -0.1) is 0 Å². The Balaban J connectivity index is 2.31. The van der Waals surface area contributed by atoms with Crippen LogP contribution in [-0.4, -0.2) is 20.2 Å². The fourth-order valence-corrected chi connectivity index (χ4v) is 1.98. The summed E-state index contributed by atoms with van der Waals surface area (Å²) < 4.78 is 5.38. The van der Waals surface area contributed by atoms with Crippen LogP contribution in [0.5, 0.6) is 5.75 Å². The molecule has 1 aromatic rings. The number of methoxy groups -OCH3 is 1. The molecule has 15 heavy (non-hydrogen) atoms. The zero-order chi connectivity index (χ0) is 10.8. The highest BCUT2D eigenvalue weighted by molar-refractivity contribution is 5.41. The van der Waals surface area contributed by atoms with E-state index in [1.165, 1.54) is 11.1 Å². The van der Waals surface area contributed by atoms with Crippen LogP contribution in [0.2, 0.25) is 0 Å². The van der Waals surface area contributed by atoms with Gasteiger partial charge in [-0.3, -0.25) is 0 Å². The zero-order valence-corrected chi connectivity index (χ0v) is 9.71. The van der Waals surface area contributed by atoms with Gasteiger partial charge in [0.2, 0.25) is 0 Å². The maximum Gasteiger partial charge on any atom is 0.122 e. The summed E-state index contributed by atoms with van der Waals surface area (Å²) in [6.45, 7) is 6.65. The van der Waals surface area contributed by atoms with E-state index in [0.29, 0.717) is 11.8 Å². The molecule has 0 bridgehead atoms. The Labute approximate surface area is 91.6 Å². The smallest absolute Gasteiger partial charge is 0.122 e. The van der Waals surface area contributed by atoms with Gasteiger partial charge in [0.25, 0.3) is 0 Å². The van der Waals surface area contributed by atoms with Crippen molar-refractivity contribution in [1.82, 2.24) is 5.32 Å². The van der Waals surface area contributed by atoms with E-state index < -0.39 is 0 Å². The fraction of sp³-hybridized carbons (Fsp3) is 0.538. The molecule has 82 valence electrons. The van der Waals surface area contributed by atoms with Crippen LogP contribution in [0.15, 0.2) is 18.2 Å². The van der Waals surface area contributed by atoms with Crippen LogP contribution in [0.4, 0.5) is 0 Å². The second kappa shape index (κ2) is 4.23. The Morgan fingerprint density at radius 1 is 1.33 bits per heavy atom. The van der Waals surface area contributed by atoms with E-state index >= 15 is 0 Å². The summed E-state index contributed by atoms with van der Waals surface area (Å²) in [7, 11) is 1.74. The van der Waals surface area contributed by atoms with Crippen molar-refractivity contribution in [2.45, 2.75) is 25.7 Å². The van der Waals surface area contributed by atoms with Crippen LogP contribution >= 0.6 is 0 Å². The molecule has 0 aromatic heterocycles. The molecule has 0 saturated carbocycles. The molecule has 1 aliphatic rings. The molecule has 1 N–H and O–H groups in total. The van der Waals surface area contributed by atoms with Crippen LogP contribution in [0.3, 0.4) is 0 Å². The first kappa shape index (κ1) is 10.5. The highest BCUT2D eigenvalue weighted by atomic mass is 16.5. The number of benzene rings is 1.